The quantitative estimate of drug-likeness (QED) is 0.365. The highest BCUT2D eigenvalue weighted by Gasteiger charge is 2.03. The number of aldehydes is 1. The van der Waals surface area contributed by atoms with Crippen LogP contribution in [0.15, 0.2) is 36.0 Å². The number of nitrogens with one attached hydrogen (secondary N) is 1. The third-order valence-electron chi connectivity index (χ3n) is 1.76. The van der Waals surface area contributed by atoms with E-state index in [1.165, 1.54) is 0 Å². The maximum atomic E-state index is 10.9. The van der Waals surface area contributed by atoms with Crippen molar-refractivity contribution in [3.05, 3.63) is 41.6 Å². The summed E-state index contributed by atoms with van der Waals surface area (Å²) in [6.07, 6.45) is 1.21. The van der Waals surface area contributed by atoms with Crippen LogP contribution in [0.5, 0.6) is 0 Å². The number of hydroxylamine groups is 1. The van der Waals surface area contributed by atoms with Crippen LogP contribution in [0.2, 0.25) is 0 Å². The smallest absolute Gasteiger partial charge is 0.433 e. The van der Waals surface area contributed by atoms with Gasteiger partial charge in [0.1, 0.15) is 5.70 Å². The van der Waals surface area contributed by atoms with Gasteiger partial charge in [0.05, 0.1) is 6.61 Å². The minimum atomic E-state index is -0.881. The lowest BCUT2D eigenvalue weighted by atomic mass is 10.2. The Morgan fingerprint density at radius 1 is 1.35 bits per heavy atom. The number of carbonyl (C=O) groups excluding carboxylic acids is 2. The van der Waals surface area contributed by atoms with Crippen molar-refractivity contribution in [1.29, 1.82) is 0 Å². The van der Waals surface area contributed by atoms with E-state index in [1.807, 2.05) is 30.3 Å². The van der Waals surface area contributed by atoms with Crippen LogP contribution >= 0.6 is 0 Å². The molecule has 0 saturated heterocycles. The van der Waals surface area contributed by atoms with Gasteiger partial charge in [-0.2, -0.15) is 0 Å². The van der Waals surface area contributed by atoms with Gasteiger partial charge in [0.25, 0.3) is 0 Å². The Labute approximate surface area is 99.0 Å². The van der Waals surface area contributed by atoms with Gasteiger partial charge < -0.3 is 9.57 Å². The van der Waals surface area contributed by atoms with Gasteiger partial charge in [-0.25, -0.2) is 10.3 Å². The Kier molecular flexibility index (Phi) is 5.30. The predicted octanol–water partition coefficient (Wildman–Crippen LogP) is 1.90. The summed E-state index contributed by atoms with van der Waals surface area (Å²) in [5.74, 6) is 0. The van der Waals surface area contributed by atoms with E-state index < -0.39 is 6.16 Å². The van der Waals surface area contributed by atoms with Gasteiger partial charge in [0.15, 0.2) is 6.29 Å². The van der Waals surface area contributed by atoms with Crippen LogP contribution in [-0.2, 0) is 14.4 Å². The number of carbonyl (C=O) groups is 2. The molecule has 0 radical (unpaired) electrons. The number of ether oxygens (including phenoxy) is 1. The molecule has 0 bridgehead atoms. The Bertz CT molecular complexity index is 400. The Balaban J connectivity index is 2.57. The molecule has 1 aromatic rings. The molecule has 0 aromatic heterocycles. The van der Waals surface area contributed by atoms with E-state index in [9.17, 15) is 9.59 Å². The van der Waals surface area contributed by atoms with Gasteiger partial charge in [-0.05, 0) is 18.6 Å². The monoisotopic (exact) mass is 235 g/mol. The van der Waals surface area contributed by atoms with Crippen molar-refractivity contribution < 1.29 is 19.2 Å². The predicted molar refractivity (Wildman–Crippen MR) is 61.7 cm³/mol. The zero-order valence-electron chi connectivity index (χ0n) is 9.38. The third kappa shape index (κ3) is 4.83. The van der Waals surface area contributed by atoms with Crippen LogP contribution < -0.4 is 5.48 Å². The van der Waals surface area contributed by atoms with Crippen molar-refractivity contribution in [2.24, 2.45) is 0 Å². The molecular formula is C12H13NO4. The molecule has 1 N–H and O–H groups in total. The lowest BCUT2D eigenvalue weighted by Crippen LogP contribution is -2.20. The van der Waals surface area contributed by atoms with E-state index in [0.717, 1.165) is 5.56 Å². The SMILES string of the molecule is CCOC(=O)ONC(C=O)=Cc1ccccc1. The summed E-state index contributed by atoms with van der Waals surface area (Å²) in [4.78, 5) is 26.1. The molecule has 0 aliphatic rings. The number of hydrogen-bond acceptors (Lipinski definition) is 5. The molecule has 0 fully saturated rings. The second-order valence-electron chi connectivity index (χ2n) is 3.02. The Hall–Kier alpha value is -2.30. The largest absolute Gasteiger partial charge is 0.533 e. The topological polar surface area (TPSA) is 64.6 Å². The molecule has 0 aliphatic carbocycles. The molecule has 90 valence electrons. The fourth-order valence-corrected chi connectivity index (χ4v) is 1.06. The second-order valence-corrected chi connectivity index (χ2v) is 3.02. The van der Waals surface area contributed by atoms with Crippen molar-refractivity contribution in [2.75, 3.05) is 6.61 Å². The molecule has 0 aliphatic heterocycles. The molecular weight excluding hydrogens is 222 g/mol. The van der Waals surface area contributed by atoms with E-state index >= 15 is 0 Å². The maximum Gasteiger partial charge on any atom is 0.533 e. The normalized spacial score (nSPS) is 10.5. The molecule has 5 heteroatoms. The van der Waals surface area contributed by atoms with Gasteiger partial charge in [-0.1, -0.05) is 30.3 Å². The average molecular weight is 235 g/mol. The first-order chi connectivity index (χ1) is 8.26. The number of allylic oxidation sites excluding steroid dienone is 1. The van der Waals surface area contributed by atoms with E-state index in [0.29, 0.717) is 6.29 Å². The second kappa shape index (κ2) is 7.05. The molecule has 1 aromatic carbocycles. The summed E-state index contributed by atoms with van der Waals surface area (Å²) in [6.45, 7) is 1.86. The van der Waals surface area contributed by atoms with Gasteiger partial charge in [-0.3, -0.25) is 4.79 Å². The van der Waals surface area contributed by atoms with Crippen LogP contribution in [0.4, 0.5) is 4.79 Å². The fourth-order valence-electron chi connectivity index (χ4n) is 1.06. The minimum Gasteiger partial charge on any atom is -0.433 e. The van der Waals surface area contributed by atoms with Crippen LogP contribution in [0.25, 0.3) is 6.08 Å². The van der Waals surface area contributed by atoms with Gasteiger partial charge in [0, 0.05) is 0 Å². The molecule has 0 amide bonds. The summed E-state index contributed by atoms with van der Waals surface area (Å²) in [7, 11) is 0. The number of rotatable bonds is 5. The zero-order valence-corrected chi connectivity index (χ0v) is 9.38. The highest BCUT2D eigenvalue weighted by molar-refractivity contribution is 5.80. The summed E-state index contributed by atoms with van der Waals surface area (Å²) in [5.41, 5.74) is 3.16. The molecule has 0 spiro atoms. The van der Waals surface area contributed by atoms with E-state index in [-0.39, 0.29) is 12.3 Å². The lowest BCUT2D eigenvalue weighted by Gasteiger charge is -2.05. The van der Waals surface area contributed by atoms with Crippen LogP contribution in [-0.4, -0.2) is 19.0 Å². The maximum absolute atomic E-state index is 10.9. The first-order valence-electron chi connectivity index (χ1n) is 5.07. The first kappa shape index (κ1) is 12.8. The van der Waals surface area contributed by atoms with Crippen molar-refractivity contribution in [3.8, 4) is 0 Å². The average Bonchev–Trinajstić information content (AvgIpc) is 2.36. The van der Waals surface area contributed by atoms with E-state index in [1.54, 1.807) is 13.0 Å². The van der Waals surface area contributed by atoms with Crippen LogP contribution in [0.1, 0.15) is 12.5 Å². The van der Waals surface area contributed by atoms with Crippen LogP contribution in [0.3, 0.4) is 0 Å². The highest BCUT2D eigenvalue weighted by Crippen LogP contribution is 2.03. The lowest BCUT2D eigenvalue weighted by molar-refractivity contribution is -0.106. The van der Waals surface area contributed by atoms with Gasteiger partial charge >= 0.3 is 6.16 Å². The molecule has 0 unspecified atom stereocenters. The van der Waals surface area contributed by atoms with Crippen molar-refractivity contribution >= 4 is 18.5 Å². The van der Waals surface area contributed by atoms with Crippen molar-refractivity contribution in [2.45, 2.75) is 6.92 Å². The van der Waals surface area contributed by atoms with Crippen molar-refractivity contribution in [1.82, 2.24) is 5.48 Å². The van der Waals surface area contributed by atoms with E-state index in [4.69, 9.17) is 0 Å². The Morgan fingerprint density at radius 2 is 2.06 bits per heavy atom. The molecule has 0 saturated carbocycles. The van der Waals surface area contributed by atoms with Crippen molar-refractivity contribution in [3.63, 3.8) is 0 Å². The summed E-state index contributed by atoms with van der Waals surface area (Å²) < 4.78 is 4.52. The highest BCUT2D eigenvalue weighted by atomic mass is 16.8. The summed E-state index contributed by atoms with van der Waals surface area (Å²) in [6, 6.07) is 9.16. The number of benzene rings is 1. The van der Waals surface area contributed by atoms with Gasteiger partial charge in [0.2, 0.25) is 0 Å². The summed E-state index contributed by atoms with van der Waals surface area (Å²) >= 11 is 0. The Morgan fingerprint density at radius 3 is 2.65 bits per heavy atom. The van der Waals surface area contributed by atoms with Gasteiger partial charge in [-0.15, -0.1) is 0 Å². The summed E-state index contributed by atoms with van der Waals surface area (Å²) in [5, 5.41) is 0. The third-order valence-corrected chi connectivity index (χ3v) is 1.76. The molecule has 0 heterocycles. The van der Waals surface area contributed by atoms with E-state index in [2.05, 4.69) is 15.1 Å². The fraction of sp³-hybridized carbons (Fsp3) is 0.167. The standard InChI is InChI=1S/C12H13NO4/c1-2-16-12(15)17-13-11(9-14)8-10-6-4-3-5-7-10/h3-9,13H,2H2,1H3. The first-order valence-corrected chi connectivity index (χ1v) is 5.07. The number of hydrogen-bond donors (Lipinski definition) is 1. The molecule has 17 heavy (non-hydrogen) atoms. The molecule has 5 nitrogen and oxygen atoms in total. The molecule has 0 atom stereocenters. The van der Waals surface area contributed by atoms with Crippen LogP contribution in [0, 0.1) is 0 Å². The molecule has 1 rings (SSSR count). The minimum absolute atomic E-state index is 0.129. The zero-order chi connectivity index (χ0) is 12.5.